The van der Waals surface area contributed by atoms with E-state index in [1.54, 1.807) is 30.6 Å². The molecule has 1 amide bonds. The third-order valence-corrected chi connectivity index (χ3v) is 3.85. The molecule has 8 heteroatoms. The summed E-state index contributed by atoms with van der Waals surface area (Å²) in [6.07, 6.45) is 6.17. The minimum absolute atomic E-state index is 0.257. The van der Waals surface area contributed by atoms with Crippen molar-refractivity contribution in [1.82, 2.24) is 20.3 Å². The van der Waals surface area contributed by atoms with Crippen LogP contribution in [0.1, 0.15) is 21.5 Å². The van der Waals surface area contributed by atoms with Crippen LogP contribution in [0, 0.1) is 0 Å². The fourth-order valence-corrected chi connectivity index (χ4v) is 2.59. The number of aliphatic hydroxyl groups excluding tert-OH is 1. The van der Waals surface area contributed by atoms with Crippen molar-refractivity contribution in [2.24, 2.45) is 0 Å². The SMILES string of the molecule is O=C(NC(CO)c1ccco1)c1cnc(-c2ncccn2)s1. The average Bonchev–Trinajstić information content (AvgIpc) is 3.24. The maximum atomic E-state index is 12.2. The average molecular weight is 316 g/mol. The molecule has 3 rings (SSSR count). The Labute approximate surface area is 129 Å². The van der Waals surface area contributed by atoms with E-state index in [0.29, 0.717) is 21.5 Å². The van der Waals surface area contributed by atoms with Crippen LogP contribution in [0.4, 0.5) is 0 Å². The van der Waals surface area contributed by atoms with Crippen molar-refractivity contribution in [2.45, 2.75) is 6.04 Å². The minimum Gasteiger partial charge on any atom is -0.467 e. The van der Waals surface area contributed by atoms with Gasteiger partial charge in [0.05, 0.1) is 19.1 Å². The van der Waals surface area contributed by atoms with E-state index in [-0.39, 0.29) is 12.5 Å². The van der Waals surface area contributed by atoms with Crippen LogP contribution in [0.2, 0.25) is 0 Å². The zero-order valence-electron chi connectivity index (χ0n) is 11.3. The Bertz CT molecular complexity index is 743. The predicted octanol–water partition coefficient (Wildman–Crippen LogP) is 1.66. The van der Waals surface area contributed by atoms with Gasteiger partial charge in [0.25, 0.3) is 5.91 Å². The monoisotopic (exact) mass is 316 g/mol. The molecule has 0 saturated carbocycles. The predicted molar refractivity (Wildman–Crippen MR) is 79.1 cm³/mol. The number of thiazole rings is 1. The molecule has 0 aliphatic heterocycles. The highest BCUT2D eigenvalue weighted by atomic mass is 32.1. The van der Waals surface area contributed by atoms with Gasteiger partial charge in [-0.15, -0.1) is 11.3 Å². The summed E-state index contributed by atoms with van der Waals surface area (Å²) in [7, 11) is 0. The molecule has 3 aromatic heterocycles. The van der Waals surface area contributed by atoms with Crippen molar-refractivity contribution in [3.05, 3.63) is 53.7 Å². The summed E-state index contributed by atoms with van der Waals surface area (Å²) in [6, 6.07) is 4.50. The molecule has 3 aromatic rings. The van der Waals surface area contributed by atoms with Crippen molar-refractivity contribution in [1.29, 1.82) is 0 Å². The minimum atomic E-state index is -0.596. The van der Waals surface area contributed by atoms with Gasteiger partial charge in [0.1, 0.15) is 16.7 Å². The third-order valence-electron chi connectivity index (χ3n) is 2.86. The first-order chi connectivity index (χ1) is 10.8. The van der Waals surface area contributed by atoms with Crippen LogP contribution in [-0.2, 0) is 0 Å². The van der Waals surface area contributed by atoms with E-state index in [4.69, 9.17) is 4.42 Å². The number of nitrogens with one attached hydrogen (secondary N) is 1. The molecule has 0 spiro atoms. The number of aromatic nitrogens is 3. The first-order valence-corrected chi connectivity index (χ1v) is 7.28. The highest BCUT2D eigenvalue weighted by molar-refractivity contribution is 7.16. The number of amides is 1. The fourth-order valence-electron chi connectivity index (χ4n) is 1.82. The van der Waals surface area contributed by atoms with E-state index in [0.717, 1.165) is 0 Å². The molecule has 112 valence electrons. The van der Waals surface area contributed by atoms with Crippen LogP contribution in [-0.4, -0.2) is 32.6 Å². The second-order valence-corrected chi connectivity index (χ2v) is 5.36. The second-order valence-electron chi connectivity index (χ2n) is 4.33. The second kappa shape index (κ2) is 6.46. The molecule has 3 heterocycles. The number of nitrogens with zero attached hydrogens (tertiary/aromatic N) is 3. The summed E-state index contributed by atoms with van der Waals surface area (Å²) in [5, 5.41) is 12.6. The van der Waals surface area contributed by atoms with Gasteiger partial charge in [-0.1, -0.05) is 0 Å². The van der Waals surface area contributed by atoms with Crippen LogP contribution >= 0.6 is 11.3 Å². The summed E-state index contributed by atoms with van der Waals surface area (Å²) in [4.78, 5) is 25.0. The Morgan fingerprint density at radius 3 is 2.82 bits per heavy atom. The summed E-state index contributed by atoms with van der Waals surface area (Å²) >= 11 is 1.18. The van der Waals surface area contributed by atoms with Gasteiger partial charge >= 0.3 is 0 Å². The molecule has 0 radical (unpaired) electrons. The van der Waals surface area contributed by atoms with Gasteiger partial charge in [-0.05, 0) is 18.2 Å². The van der Waals surface area contributed by atoms with Gasteiger partial charge in [0.2, 0.25) is 0 Å². The van der Waals surface area contributed by atoms with Crippen molar-refractivity contribution in [3.63, 3.8) is 0 Å². The molecule has 0 aliphatic rings. The molecule has 1 atom stereocenters. The molecule has 0 bridgehead atoms. The first-order valence-electron chi connectivity index (χ1n) is 6.46. The molecule has 0 saturated heterocycles. The topological polar surface area (TPSA) is 101 Å². The molecular formula is C14H12N4O3S. The number of aliphatic hydroxyl groups is 1. The highest BCUT2D eigenvalue weighted by Crippen LogP contribution is 2.22. The van der Waals surface area contributed by atoms with Crippen LogP contribution < -0.4 is 5.32 Å². The summed E-state index contributed by atoms with van der Waals surface area (Å²) in [5.74, 6) is 0.624. The van der Waals surface area contributed by atoms with Crippen LogP contribution in [0.15, 0.2) is 47.5 Å². The zero-order chi connectivity index (χ0) is 15.4. The number of rotatable bonds is 5. The highest BCUT2D eigenvalue weighted by Gasteiger charge is 2.19. The van der Waals surface area contributed by atoms with E-state index < -0.39 is 6.04 Å². The van der Waals surface area contributed by atoms with E-state index in [9.17, 15) is 9.90 Å². The Balaban J connectivity index is 1.74. The number of carbonyl (C=O) groups is 1. The van der Waals surface area contributed by atoms with Crippen molar-refractivity contribution in [3.8, 4) is 10.8 Å². The van der Waals surface area contributed by atoms with E-state index in [1.807, 2.05) is 0 Å². The fraction of sp³-hybridized carbons (Fsp3) is 0.143. The molecule has 22 heavy (non-hydrogen) atoms. The van der Waals surface area contributed by atoms with Crippen molar-refractivity contribution >= 4 is 17.2 Å². The maximum Gasteiger partial charge on any atom is 0.263 e. The zero-order valence-corrected chi connectivity index (χ0v) is 12.2. The molecule has 0 aliphatic carbocycles. The van der Waals surface area contributed by atoms with Gasteiger partial charge in [-0.3, -0.25) is 4.79 Å². The van der Waals surface area contributed by atoms with Gasteiger partial charge in [-0.2, -0.15) is 0 Å². The van der Waals surface area contributed by atoms with Gasteiger partial charge in [0, 0.05) is 12.4 Å². The lowest BCUT2D eigenvalue weighted by Gasteiger charge is -2.12. The summed E-state index contributed by atoms with van der Waals surface area (Å²) < 4.78 is 5.19. The Morgan fingerprint density at radius 2 is 2.14 bits per heavy atom. The van der Waals surface area contributed by atoms with E-state index in [2.05, 4.69) is 20.3 Å². The van der Waals surface area contributed by atoms with E-state index in [1.165, 1.54) is 23.8 Å². The standard InChI is InChI=1S/C14H12N4O3S/c19-8-9(10-3-1-6-21-10)18-13(20)11-7-17-14(22-11)12-15-4-2-5-16-12/h1-7,9,19H,8H2,(H,18,20). The van der Waals surface area contributed by atoms with Gasteiger partial charge in [0.15, 0.2) is 10.8 Å². The van der Waals surface area contributed by atoms with Gasteiger partial charge in [-0.25, -0.2) is 15.0 Å². The quantitative estimate of drug-likeness (QED) is 0.742. The Hall–Kier alpha value is -2.58. The largest absolute Gasteiger partial charge is 0.467 e. The Kier molecular flexibility index (Phi) is 4.22. The lowest BCUT2D eigenvalue weighted by atomic mass is 10.2. The maximum absolute atomic E-state index is 12.2. The molecule has 0 aromatic carbocycles. The van der Waals surface area contributed by atoms with Crippen molar-refractivity contribution < 1.29 is 14.3 Å². The molecular weight excluding hydrogens is 304 g/mol. The molecule has 7 nitrogen and oxygen atoms in total. The van der Waals surface area contributed by atoms with Gasteiger partial charge < -0.3 is 14.8 Å². The lowest BCUT2D eigenvalue weighted by molar-refractivity contribution is 0.0911. The first kappa shape index (κ1) is 14.4. The molecule has 2 N–H and O–H groups in total. The molecule has 0 fully saturated rings. The number of hydrogen-bond donors (Lipinski definition) is 2. The number of carbonyl (C=O) groups excluding carboxylic acids is 1. The summed E-state index contributed by atoms with van der Waals surface area (Å²) in [5.41, 5.74) is 0. The van der Waals surface area contributed by atoms with E-state index >= 15 is 0 Å². The van der Waals surface area contributed by atoms with Crippen LogP contribution in [0.25, 0.3) is 10.8 Å². The number of furan rings is 1. The van der Waals surface area contributed by atoms with Crippen LogP contribution in [0.3, 0.4) is 0 Å². The Morgan fingerprint density at radius 1 is 1.32 bits per heavy atom. The smallest absolute Gasteiger partial charge is 0.263 e. The van der Waals surface area contributed by atoms with Crippen molar-refractivity contribution in [2.75, 3.05) is 6.61 Å². The lowest BCUT2D eigenvalue weighted by Crippen LogP contribution is -2.29. The third kappa shape index (κ3) is 3.02. The summed E-state index contributed by atoms with van der Waals surface area (Å²) in [6.45, 7) is -0.257. The normalized spacial score (nSPS) is 12.0. The molecule has 1 unspecified atom stereocenters. The van der Waals surface area contributed by atoms with Crippen LogP contribution in [0.5, 0.6) is 0 Å². The number of hydrogen-bond acceptors (Lipinski definition) is 7.